The van der Waals surface area contributed by atoms with Crippen LogP contribution in [-0.4, -0.2) is 34.9 Å². The van der Waals surface area contributed by atoms with Crippen molar-refractivity contribution in [3.8, 4) is 11.3 Å². The molecule has 4 heteroatoms. The number of nitrogens with zero attached hydrogens (tertiary/aromatic N) is 3. The van der Waals surface area contributed by atoms with Gasteiger partial charge < -0.3 is 4.90 Å². The average molecular weight is 331 g/mol. The number of benzene rings is 2. The van der Waals surface area contributed by atoms with Gasteiger partial charge in [0, 0.05) is 23.1 Å². The minimum Gasteiger partial charge on any atom is -0.352 e. The maximum atomic E-state index is 14.3. The smallest absolute Gasteiger partial charge is 0.132 e. The van der Waals surface area contributed by atoms with E-state index >= 15 is 0 Å². The van der Waals surface area contributed by atoms with Gasteiger partial charge in [-0.15, -0.1) is 0 Å². The van der Waals surface area contributed by atoms with E-state index in [1.807, 2.05) is 30.3 Å². The van der Waals surface area contributed by atoms with Gasteiger partial charge in [-0.25, -0.2) is 9.37 Å². The van der Waals surface area contributed by atoms with Crippen molar-refractivity contribution in [2.45, 2.75) is 18.9 Å². The first kappa shape index (κ1) is 14.6. The summed E-state index contributed by atoms with van der Waals surface area (Å²) in [6.07, 6.45) is 2.42. The molecule has 0 spiro atoms. The van der Waals surface area contributed by atoms with Crippen LogP contribution in [-0.2, 0) is 0 Å². The van der Waals surface area contributed by atoms with Crippen molar-refractivity contribution in [1.29, 1.82) is 0 Å². The predicted octanol–water partition coefficient (Wildman–Crippen LogP) is 4.27. The zero-order chi connectivity index (χ0) is 16.8. The van der Waals surface area contributed by atoms with Crippen LogP contribution in [0.1, 0.15) is 18.4 Å². The number of hydrogen-bond acceptors (Lipinski definition) is 3. The summed E-state index contributed by atoms with van der Waals surface area (Å²) in [7, 11) is 0. The molecule has 2 aliphatic rings. The van der Waals surface area contributed by atoms with E-state index in [0.29, 0.717) is 17.3 Å². The van der Waals surface area contributed by atoms with Gasteiger partial charge in [0.15, 0.2) is 0 Å². The average Bonchev–Trinajstić information content (AvgIpc) is 3.25. The van der Waals surface area contributed by atoms with E-state index in [4.69, 9.17) is 9.98 Å². The van der Waals surface area contributed by atoms with Crippen molar-refractivity contribution >= 4 is 16.7 Å². The maximum absolute atomic E-state index is 14.3. The second-order valence-electron chi connectivity index (χ2n) is 6.71. The number of aliphatic imine (C=N–C) groups is 1. The fourth-order valence-corrected chi connectivity index (χ4v) is 3.99. The fraction of sp³-hybridized carbons (Fsp3) is 0.238. The first-order valence-corrected chi connectivity index (χ1v) is 8.77. The topological polar surface area (TPSA) is 28.5 Å². The number of pyridine rings is 1. The van der Waals surface area contributed by atoms with Crippen LogP contribution in [0.3, 0.4) is 0 Å². The Morgan fingerprint density at radius 1 is 1.00 bits per heavy atom. The lowest BCUT2D eigenvalue weighted by Crippen LogP contribution is -2.31. The van der Waals surface area contributed by atoms with Gasteiger partial charge in [-0.2, -0.15) is 0 Å². The summed E-state index contributed by atoms with van der Waals surface area (Å²) < 4.78 is 14.3. The number of aromatic nitrogens is 1. The van der Waals surface area contributed by atoms with E-state index in [2.05, 4.69) is 11.0 Å². The largest absolute Gasteiger partial charge is 0.352 e. The van der Waals surface area contributed by atoms with Crippen LogP contribution in [0, 0.1) is 5.82 Å². The lowest BCUT2D eigenvalue weighted by molar-refractivity contribution is 0.431. The Kier molecular flexibility index (Phi) is 3.30. The highest BCUT2D eigenvalue weighted by Gasteiger charge is 2.33. The molecule has 1 atom stereocenters. The minimum atomic E-state index is -0.247. The molecule has 3 nitrogen and oxygen atoms in total. The zero-order valence-electron chi connectivity index (χ0n) is 13.8. The minimum absolute atomic E-state index is 0.247. The summed E-state index contributed by atoms with van der Waals surface area (Å²) in [6, 6.07) is 17.4. The summed E-state index contributed by atoms with van der Waals surface area (Å²) in [5, 5.41) is 1.08. The van der Waals surface area contributed by atoms with Gasteiger partial charge in [-0.1, -0.05) is 30.3 Å². The molecule has 0 bridgehead atoms. The van der Waals surface area contributed by atoms with Gasteiger partial charge in [-0.3, -0.25) is 4.99 Å². The normalized spacial score (nSPS) is 19.3. The molecule has 1 aromatic heterocycles. The Morgan fingerprint density at radius 2 is 1.84 bits per heavy atom. The van der Waals surface area contributed by atoms with Crippen molar-refractivity contribution in [3.63, 3.8) is 0 Å². The van der Waals surface area contributed by atoms with Gasteiger partial charge in [-0.05, 0) is 37.1 Å². The molecule has 1 saturated heterocycles. The molecular weight excluding hydrogens is 313 g/mol. The number of amidine groups is 1. The first-order valence-electron chi connectivity index (χ1n) is 8.77. The van der Waals surface area contributed by atoms with Crippen molar-refractivity contribution < 1.29 is 4.39 Å². The molecule has 0 unspecified atom stereocenters. The van der Waals surface area contributed by atoms with Crippen molar-refractivity contribution in [2.75, 3.05) is 13.1 Å². The van der Waals surface area contributed by atoms with Gasteiger partial charge in [0.05, 0.1) is 23.8 Å². The SMILES string of the molecule is Fc1ccccc1-c1cc(C2=NC[C@@H]3CCCN23)c2ccccc2n1. The van der Waals surface area contributed by atoms with E-state index in [1.54, 1.807) is 12.1 Å². The van der Waals surface area contributed by atoms with Gasteiger partial charge >= 0.3 is 0 Å². The Bertz CT molecular complexity index is 995. The summed E-state index contributed by atoms with van der Waals surface area (Å²) in [5.41, 5.74) is 3.14. The van der Waals surface area contributed by atoms with Gasteiger partial charge in [0.25, 0.3) is 0 Å². The lowest BCUT2D eigenvalue weighted by atomic mass is 10.0. The number of hydrogen-bond donors (Lipinski definition) is 0. The number of halogens is 1. The van der Waals surface area contributed by atoms with Crippen LogP contribution in [0.15, 0.2) is 59.6 Å². The lowest BCUT2D eigenvalue weighted by Gasteiger charge is -2.21. The second-order valence-corrected chi connectivity index (χ2v) is 6.71. The third-order valence-corrected chi connectivity index (χ3v) is 5.21. The molecule has 0 aliphatic carbocycles. The van der Waals surface area contributed by atoms with Crippen molar-refractivity contribution in [2.24, 2.45) is 4.99 Å². The molecule has 124 valence electrons. The van der Waals surface area contributed by atoms with E-state index in [0.717, 1.165) is 35.4 Å². The molecule has 25 heavy (non-hydrogen) atoms. The molecule has 5 rings (SSSR count). The molecule has 3 aromatic rings. The number of rotatable bonds is 2. The fourth-order valence-electron chi connectivity index (χ4n) is 3.99. The molecule has 3 heterocycles. The summed E-state index contributed by atoms with van der Waals surface area (Å²) >= 11 is 0. The molecule has 0 saturated carbocycles. The van der Waals surface area contributed by atoms with Crippen LogP contribution in [0.5, 0.6) is 0 Å². The molecule has 2 aromatic carbocycles. The van der Waals surface area contributed by atoms with E-state index in [1.165, 1.54) is 18.9 Å². The molecule has 2 aliphatic heterocycles. The quantitative estimate of drug-likeness (QED) is 0.702. The molecule has 1 fully saturated rings. The highest BCUT2D eigenvalue weighted by atomic mass is 19.1. The zero-order valence-corrected chi connectivity index (χ0v) is 13.8. The van der Waals surface area contributed by atoms with Crippen LogP contribution < -0.4 is 0 Å². The van der Waals surface area contributed by atoms with E-state index in [9.17, 15) is 4.39 Å². The monoisotopic (exact) mass is 331 g/mol. The summed E-state index contributed by atoms with van der Waals surface area (Å²) in [5.74, 6) is 0.794. The van der Waals surface area contributed by atoms with E-state index in [-0.39, 0.29) is 5.82 Å². The molecule has 0 amide bonds. The third-order valence-electron chi connectivity index (χ3n) is 5.21. The molecular formula is C21H18FN3. The number of fused-ring (bicyclic) bond motifs is 2. The van der Waals surface area contributed by atoms with Gasteiger partial charge in [0.1, 0.15) is 11.7 Å². The van der Waals surface area contributed by atoms with E-state index < -0.39 is 0 Å². The van der Waals surface area contributed by atoms with Crippen LogP contribution in [0.4, 0.5) is 4.39 Å². The summed E-state index contributed by atoms with van der Waals surface area (Å²) in [6.45, 7) is 1.91. The predicted molar refractivity (Wildman–Crippen MR) is 98.3 cm³/mol. The molecule has 0 radical (unpaired) electrons. The van der Waals surface area contributed by atoms with Crippen molar-refractivity contribution in [1.82, 2.24) is 9.88 Å². The van der Waals surface area contributed by atoms with Crippen LogP contribution in [0.25, 0.3) is 22.2 Å². The first-order chi connectivity index (χ1) is 12.3. The highest BCUT2D eigenvalue weighted by molar-refractivity contribution is 6.10. The van der Waals surface area contributed by atoms with Crippen LogP contribution >= 0.6 is 0 Å². The van der Waals surface area contributed by atoms with Gasteiger partial charge in [0.2, 0.25) is 0 Å². The third kappa shape index (κ3) is 2.32. The van der Waals surface area contributed by atoms with Crippen LogP contribution in [0.2, 0.25) is 0 Å². The molecule has 0 N–H and O–H groups in total. The highest BCUT2D eigenvalue weighted by Crippen LogP contribution is 2.31. The Labute approximate surface area is 145 Å². The maximum Gasteiger partial charge on any atom is 0.132 e. The Hall–Kier alpha value is -2.75. The number of para-hydroxylation sites is 1. The Morgan fingerprint density at radius 3 is 2.76 bits per heavy atom. The Balaban J connectivity index is 1.74. The standard InChI is InChI=1S/C21H18FN3/c22-18-9-3-1-8-16(18)20-12-17(15-7-2-4-10-19(15)24-20)21-23-13-14-6-5-11-25(14)21/h1-4,7-10,12,14H,5-6,11,13H2/t14-/m0/s1. The summed E-state index contributed by atoms with van der Waals surface area (Å²) in [4.78, 5) is 11.9. The van der Waals surface area contributed by atoms with Crippen molar-refractivity contribution in [3.05, 3.63) is 66.0 Å². The second kappa shape index (κ2) is 5.66.